The summed E-state index contributed by atoms with van der Waals surface area (Å²) >= 11 is 0. The van der Waals surface area contributed by atoms with Crippen molar-refractivity contribution in [3.8, 4) is 0 Å². The van der Waals surface area contributed by atoms with Crippen LogP contribution in [0.2, 0.25) is 0 Å². The SMILES string of the molecule is C/C=C(/CCC)c1ccccc1C.CC(C)Cc1ccccc1. The minimum atomic E-state index is 0.766. The molecule has 0 aliphatic carbocycles. The van der Waals surface area contributed by atoms with E-state index in [0.29, 0.717) is 0 Å². The monoisotopic (exact) mass is 308 g/mol. The number of aryl methyl sites for hydroxylation is 1. The zero-order valence-corrected chi connectivity index (χ0v) is 15.5. The van der Waals surface area contributed by atoms with Crippen LogP contribution < -0.4 is 0 Å². The van der Waals surface area contributed by atoms with E-state index in [0.717, 1.165) is 5.92 Å². The molecule has 0 fully saturated rings. The fraction of sp³-hybridized carbons (Fsp3) is 0.391. The molecule has 0 amide bonds. The molecule has 0 N–H and O–H groups in total. The second-order valence-corrected chi connectivity index (χ2v) is 6.46. The Morgan fingerprint density at radius 1 is 0.957 bits per heavy atom. The van der Waals surface area contributed by atoms with Crippen molar-refractivity contribution >= 4 is 5.57 Å². The van der Waals surface area contributed by atoms with E-state index < -0.39 is 0 Å². The summed E-state index contributed by atoms with van der Waals surface area (Å²) in [5, 5.41) is 0. The molecule has 0 atom stereocenters. The molecular weight excluding hydrogens is 276 g/mol. The van der Waals surface area contributed by atoms with Gasteiger partial charge in [-0.1, -0.05) is 87.9 Å². The predicted octanol–water partition coefficient (Wildman–Crippen LogP) is 7.08. The molecule has 0 heteroatoms. The van der Waals surface area contributed by atoms with Gasteiger partial charge in [-0.05, 0) is 54.9 Å². The first-order chi connectivity index (χ1) is 11.1. The Bertz CT molecular complexity index is 576. The van der Waals surface area contributed by atoms with Gasteiger partial charge in [-0.25, -0.2) is 0 Å². The van der Waals surface area contributed by atoms with Gasteiger partial charge in [0.25, 0.3) is 0 Å². The van der Waals surface area contributed by atoms with Crippen molar-refractivity contribution in [2.75, 3.05) is 0 Å². The fourth-order valence-corrected chi connectivity index (χ4v) is 2.72. The first-order valence-electron chi connectivity index (χ1n) is 8.83. The number of allylic oxidation sites excluding steroid dienone is 2. The zero-order chi connectivity index (χ0) is 17.1. The molecule has 0 bridgehead atoms. The third-order valence-corrected chi connectivity index (χ3v) is 3.85. The molecule has 0 radical (unpaired) electrons. The maximum absolute atomic E-state index is 2.24. The quantitative estimate of drug-likeness (QED) is 0.553. The summed E-state index contributed by atoms with van der Waals surface area (Å²) in [6.45, 7) is 11.0. The summed E-state index contributed by atoms with van der Waals surface area (Å²) in [7, 11) is 0. The Morgan fingerprint density at radius 3 is 2.09 bits per heavy atom. The van der Waals surface area contributed by atoms with Crippen molar-refractivity contribution in [1.29, 1.82) is 0 Å². The molecule has 0 unspecified atom stereocenters. The van der Waals surface area contributed by atoms with Crippen LogP contribution in [0.15, 0.2) is 60.7 Å². The van der Waals surface area contributed by atoms with E-state index in [9.17, 15) is 0 Å². The Balaban J connectivity index is 0.000000238. The van der Waals surface area contributed by atoms with E-state index in [4.69, 9.17) is 0 Å². The van der Waals surface area contributed by atoms with E-state index in [2.05, 4.69) is 95.3 Å². The van der Waals surface area contributed by atoms with Crippen LogP contribution in [0, 0.1) is 12.8 Å². The van der Waals surface area contributed by atoms with Crippen LogP contribution in [-0.4, -0.2) is 0 Å². The molecule has 0 saturated heterocycles. The number of hydrogen-bond donors (Lipinski definition) is 0. The maximum atomic E-state index is 2.24. The van der Waals surface area contributed by atoms with Crippen LogP contribution in [0.4, 0.5) is 0 Å². The van der Waals surface area contributed by atoms with Crippen LogP contribution in [0.1, 0.15) is 57.2 Å². The normalized spacial score (nSPS) is 11.1. The average molecular weight is 309 g/mol. The molecule has 2 rings (SSSR count). The molecule has 0 saturated carbocycles. The first-order valence-corrected chi connectivity index (χ1v) is 8.83. The van der Waals surface area contributed by atoms with E-state index in [1.807, 2.05) is 0 Å². The molecule has 0 aliphatic rings. The van der Waals surface area contributed by atoms with Gasteiger partial charge in [0.15, 0.2) is 0 Å². The third-order valence-electron chi connectivity index (χ3n) is 3.85. The van der Waals surface area contributed by atoms with Crippen LogP contribution in [0.5, 0.6) is 0 Å². The number of hydrogen-bond acceptors (Lipinski definition) is 0. The van der Waals surface area contributed by atoms with Crippen molar-refractivity contribution in [1.82, 2.24) is 0 Å². The Morgan fingerprint density at radius 2 is 1.57 bits per heavy atom. The van der Waals surface area contributed by atoms with Gasteiger partial charge in [-0.15, -0.1) is 0 Å². The predicted molar refractivity (Wildman–Crippen MR) is 105 cm³/mol. The van der Waals surface area contributed by atoms with Crippen LogP contribution >= 0.6 is 0 Å². The van der Waals surface area contributed by atoms with Crippen LogP contribution in [-0.2, 0) is 6.42 Å². The molecule has 0 aliphatic heterocycles. The van der Waals surface area contributed by atoms with Gasteiger partial charge in [-0.2, -0.15) is 0 Å². The van der Waals surface area contributed by atoms with Crippen molar-refractivity contribution in [3.05, 3.63) is 77.4 Å². The van der Waals surface area contributed by atoms with Gasteiger partial charge in [-0.3, -0.25) is 0 Å². The third kappa shape index (κ3) is 7.32. The van der Waals surface area contributed by atoms with E-state index >= 15 is 0 Å². The number of benzene rings is 2. The topological polar surface area (TPSA) is 0 Å². The maximum Gasteiger partial charge on any atom is -0.0199 e. The molecular formula is C23H32. The lowest BCUT2D eigenvalue weighted by atomic mass is 9.97. The highest BCUT2D eigenvalue weighted by Gasteiger charge is 2.01. The van der Waals surface area contributed by atoms with Gasteiger partial charge >= 0.3 is 0 Å². The van der Waals surface area contributed by atoms with Crippen molar-refractivity contribution in [3.63, 3.8) is 0 Å². The molecule has 23 heavy (non-hydrogen) atoms. The number of rotatable bonds is 5. The van der Waals surface area contributed by atoms with Crippen molar-refractivity contribution in [2.45, 2.75) is 53.9 Å². The summed E-state index contributed by atoms with van der Waals surface area (Å²) in [6, 6.07) is 19.2. The van der Waals surface area contributed by atoms with Gasteiger partial charge < -0.3 is 0 Å². The average Bonchev–Trinajstić information content (AvgIpc) is 2.54. The van der Waals surface area contributed by atoms with Crippen molar-refractivity contribution in [2.24, 2.45) is 5.92 Å². The lowest BCUT2D eigenvalue weighted by Gasteiger charge is -2.08. The Labute approximate surface area is 143 Å². The second-order valence-electron chi connectivity index (χ2n) is 6.46. The minimum absolute atomic E-state index is 0.766. The van der Waals surface area contributed by atoms with Gasteiger partial charge in [0.1, 0.15) is 0 Å². The Kier molecular flexibility index (Phi) is 9.05. The van der Waals surface area contributed by atoms with E-state index in [1.54, 1.807) is 0 Å². The minimum Gasteiger partial charge on any atom is -0.0838 e. The molecule has 0 spiro atoms. The largest absolute Gasteiger partial charge is 0.0838 e. The van der Waals surface area contributed by atoms with Crippen molar-refractivity contribution < 1.29 is 0 Å². The van der Waals surface area contributed by atoms with Gasteiger partial charge in [0.05, 0.1) is 0 Å². The Hall–Kier alpha value is -1.82. The highest BCUT2D eigenvalue weighted by atomic mass is 14.1. The molecule has 0 aromatic heterocycles. The second kappa shape index (κ2) is 10.8. The summed E-state index contributed by atoms with van der Waals surface area (Å²) in [4.78, 5) is 0. The lowest BCUT2D eigenvalue weighted by molar-refractivity contribution is 0.647. The van der Waals surface area contributed by atoms with Crippen LogP contribution in [0.3, 0.4) is 0 Å². The van der Waals surface area contributed by atoms with E-state index in [-0.39, 0.29) is 0 Å². The van der Waals surface area contributed by atoms with E-state index in [1.165, 1.54) is 41.5 Å². The highest BCUT2D eigenvalue weighted by Crippen LogP contribution is 2.22. The first kappa shape index (κ1) is 19.2. The molecule has 0 nitrogen and oxygen atoms in total. The summed E-state index contributed by atoms with van der Waals surface area (Å²) in [6.07, 6.45) is 5.82. The molecule has 2 aromatic rings. The van der Waals surface area contributed by atoms with Gasteiger partial charge in [0, 0.05) is 0 Å². The summed E-state index contributed by atoms with van der Waals surface area (Å²) < 4.78 is 0. The zero-order valence-electron chi connectivity index (χ0n) is 15.5. The van der Waals surface area contributed by atoms with Crippen LogP contribution in [0.25, 0.3) is 5.57 Å². The molecule has 124 valence electrons. The fourth-order valence-electron chi connectivity index (χ4n) is 2.72. The standard InChI is InChI=1S/C13H18.C10H14/c1-4-8-12(5-2)13-10-7-6-9-11(13)3;1-9(2)8-10-6-4-3-5-7-10/h5-7,9-10H,4,8H2,1-3H3;3-7,9H,8H2,1-2H3/b12-5-;. The van der Waals surface area contributed by atoms with Gasteiger partial charge in [0.2, 0.25) is 0 Å². The smallest absolute Gasteiger partial charge is 0.0199 e. The lowest BCUT2D eigenvalue weighted by Crippen LogP contribution is -1.92. The summed E-state index contributed by atoms with van der Waals surface area (Å²) in [5.74, 6) is 0.766. The molecule has 0 heterocycles. The molecule has 2 aromatic carbocycles. The summed E-state index contributed by atoms with van der Waals surface area (Å²) in [5.41, 5.74) is 5.70. The highest BCUT2D eigenvalue weighted by molar-refractivity contribution is 5.67.